The van der Waals surface area contributed by atoms with Crippen LogP contribution in [0.15, 0.2) is 0 Å². The molecule has 0 amide bonds. The summed E-state index contributed by atoms with van der Waals surface area (Å²) in [6, 6.07) is 0. The molecule has 0 fully saturated rings. The number of hydrogen-bond acceptors (Lipinski definition) is 4. The lowest BCUT2D eigenvalue weighted by molar-refractivity contribution is -0.870. The summed E-state index contributed by atoms with van der Waals surface area (Å²) in [5, 5.41) is 17.4. The van der Waals surface area contributed by atoms with Crippen LogP contribution in [0.5, 0.6) is 0 Å². The van der Waals surface area contributed by atoms with Crippen LogP contribution in [-0.2, 0) is 9.09 Å². The zero-order chi connectivity index (χ0) is 10.5. The Kier molecular flexibility index (Phi) is 5.76. The van der Waals surface area contributed by atoms with Gasteiger partial charge in [0, 0.05) is 0 Å². The third-order valence-electron chi connectivity index (χ3n) is 1.45. The minimum absolute atomic E-state index is 0.332. The summed E-state index contributed by atoms with van der Waals surface area (Å²) >= 11 is 0. The number of hydrogen-bond donors (Lipinski definition) is 2. The Bertz CT molecular complexity index is 168. The molecule has 0 heterocycles. The molecule has 0 bridgehead atoms. The first-order valence-electron chi connectivity index (χ1n) is 4.13. The molecule has 2 N–H and O–H groups in total. The van der Waals surface area contributed by atoms with Crippen molar-refractivity contribution < 1.29 is 23.8 Å². The molecule has 0 saturated carbocycles. The van der Waals surface area contributed by atoms with Gasteiger partial charge in [-0.2, -0.15) is 0 Å². The van der Waals surface area contributed by atoms with E-state index in [9.17, 15) is 4.57 Å². The van der Waals surface area contributed by atoms with E-state index in [0.717, 1.165) is 0 Å². The van der Waals surface area contributed by atoms with Gasteiger partial charge in [-0.05, 0) is 0 Å². The lowest BCUT2D eigenvalue weighted by Crippen LogP contribution is -2.37. The minimum Gasteiger partial charge on any atom is -0.393 e. The molecule has 0 aliphatic rings. The van der Waals surface area contributed by atoms with E-state index in [4.69, 9.17) is 14.7 Å². The van der Waals surface area contributed by atoms with Crippen molar-refractivity contribution in [3.63, 3.8) is 0 Å². The average molecular weight is 212 g/mol. The Labute approximate surface area is 79.4 Å². The monoisotopic (exact) mass is 212 g/mol. The largest absolute Gasteiger partial charge is 0.393 e. The van der Waals surface area contributed by atoms with Crippen molar-refractivity contribution in [2.75, 3.05) is 40.9 Å². The van der Waals surface area contributed by atoms with Crippen molar-refractivity contribution in [1.29, 1.82) is 0 Å². The van der Waals surface area contributed by atoms with Gasteiger partial charge in [-0.15, -0.1) is 0 Å². The van der Waals surface area contributed by atoms with E-state index in [1.165, 1.54) is 0 Å². The Balaban J connectivity index is 3.60. The highest BCUT2D eigenvalue weighted by molar-refractivity contribution is 7.39. The van der Waals surface area contributed by atoms with Gasteiger partial charge in [0.2, 0.25) is 8.03 Å². The van der Waals surface area contributed by atoms with Gasteiger partial charge >= 0.3 is 0 Å². The fourth-order valence-electron chi connectivity index (χ4n) is 0.591. The Hall–Kier alpha value is 0.0700. The lowest BCUT2D eigenvalue weighted by atomic mass is 10.5. The molecular weight excluding hydrogens is 193 g/mol. The van der Waals surface area contributed by atoms with Crippen molar-refractivity contribution in [2.24, 2.45) is 0 Å². The summed E-state index contributed by atoms with van der Waals surface area (Å²) < 4.78 is 16.6. The molecule has 0 radical (unpaired) electrons. The minimum atomic E-state index is -2.49. The van der Waals surface area contributed by atoms with Gasteiger partial charge in [0.15, 0.2) is 5.85 Å². The molecule has 13 heavy (non-hydrogen) atoms. The Morgan fingerprint density at radius 3 is 2.38 bits per heavy atom. The third kappa shape index (κ3) is 7.16. The molecule has 0 rings (SSSR count). The van der Waals surface area contributed by atoms with Crippen molar-refractivity contribution in [2.45, 2.75) is 5.85 Å². The van der Waals surface area contributed by atoms with Crippen LogP contribution in [0.3, 0.4) is 0 Å². The molecule has 0 aromatic rings. The average Bonchev–Trinajstić information content (AvgIpc) is 2.00. The number of likely N-dealkylation sites (N-methyl/N-ethyl adjacent to an activating group) is 1. The smallest absolute Gasteiger partial charge is 0.221 e. The Morgan fingerprint density at radius 1 is 1.46 bits per heavy atom. The summed E-state index contributed by atoms with van der Waals surface area (Å²) in [5.74, 6) is -1.22. The van der Waals surface area contributed by atoms with Crippen molar-refractivity contribution in [3.05, 3.63) is 0 Å². The normalized spacial score (nSPS) is 17.0. The van der Waals surface area contributed by atoms with Crippen LogP contribution in [0.25, 0.3) is 0 Å². The van der Waals surface area contributed by atoms with Crippen molar-refractivity contribution >= 4 is 8.03 Å². The van der Waals surface area contributed by atoms with E-state index < -0.39 is 20.5 Å². The molecule has 80 valence electrons. The molecule has 0 spiro atoms. The molecular formula is C7H19NO4P+. The van der Waals surface area contributed by atoms with E-state index >= 15 is 0 Å². The Morgan fingerprint density at radius 2 is 2.00 bits per heavy atom. The molecule has 5 nitrogen and oxygen atoms in total. The van der Waals surface area contributed by atoms with Gasteiger partial charge in [-0.1, -0.05) is 0 Å². The lowest BCUT2D eigenvalue weighted by Gasteiger charge is -2.23. The second-order valence-electron chi connectivity index (χ2n) is 3.88. The highest BCUT2D eigenvalue weighted by atomic mass is 31.1. The van der Waals surface area contributed by atoms with Gasteiger partial charge in [0.05, 0.1) is 27.7 Å². The predicted molar refractivity (Wildman–Crippen MR) is 50.9 cm³/mol. The molecule has 2 atom stereocenters. The molecule has 6 heteroatoms. The fourth-order valence-corrected chi connectivity index (χ4v) is 1.22. The van der Waals surface area contributed by atoms with Crippen LogP contribution in [0, 0.1) is 0 Å². The van der Waals surface area contributed by atoms with Crippen LogP contribution in [0.1, 0.15) is 0 Å². The first-order chi connectivity index (χ1) is 5.87. The molecule has 0 aromatic heterocycles. The summed E-state index contributed by atoms with van der Waals surface area (Å²) in [6.45, 7) is 0.537. The van der Waals surface area contributed by atoms with Gasteiger partial charge in [-0.25, -0.2) is 0 Å². The highest BCUT2D eigenvalue weighted by Gasteiger charge is 2.13. The van der Waals surface area contributed by atoms with E-state index in [-0.39, 0.29) is 0 Å². The number of rotatable bonds is 6. The van der Waals surface area contributed by atoms with Crippen LogP contribution in [-0.4, -0.2) is 61.4 Å². The van der Waals surface area contributed by atoms with Crippen molar-refractivity contribution in [1.82, 2.24) is 0 Å². The molecule has 2 unspecified atom stereocenters. The van der Waals surface area contributed by atoms with E-state index in [0.29, 0.717) is 17.6 Å². The molecule has 0 aliphatic heterocycles. The van der Waals surface area contributed by atoms with Crippen molar-refractivity contribution in [3.8, 4) is 0 Å². The van der Waals surface area contributed by atoms with Gasteiger partial charge in [0.1, 0.15) is 13.2 Å². The zero-order valence-corrected chi connectivity index (χ0v) is 9.36. The summed E-state index contributed by atoms with van der Waals surface area (Å²) in [6.07, 6.45) is 0. The number of nitrogens with zero attached hydrogens (tertiary/aromatic N) is 1. The quantitative estimate of drug-likeness (QED) is 0.460. The fraction of sp³-hybridized carbons (Fsp3) is 1.00. The van der Waals surface area contributed by atoms with Crippen LogP contribution >= 0.6 is 8.03 Å². The second-order valence-corrected chi connectivity index (χ2v) is 5.47. The van der Waals surface area contributed by atoms with E-state index in [2.05, 4.69) is 0 Å². The van der Waals surface area contributed by atoms with Gasteiger partial charge in [0.25, 0.3) is 0 Å². The zero-order valence-electron chi connectivity index (χ0n) is 8.36. The van der Waals surface area contributed by atoms with Crippen LogP contribution in [0.4, 0.5) is 0 Å². The summed E-state index contributed by atoms with van der Waals surface area (Å²) in [4.78, 5) is 0. The SMILES string of the molecule is C[N+](C)(C)CCO[PH](=O)C(O)CO. The highest BCUT2D eigenvalue weighted by Crippen LogP contribution is 2.26. The van der Waals surface area contributed by atoms with Gasteiger partial charge in [-0.3, -0.25) is 4.57 Å². The second kappa shape index (κ2) is 5.73. The maximum atomic E-state index is 11.0. The van der Waals surface area contributed by atoms with E-state index in [1.807, 2.05) is 21.1 Å². The number of aliphatic hydroxyl groups excluding tert-OH is 2. The molecule has 0 aliphatic carbocycles. The maximum absolute atomic E-state index is 11.0. The summed E-state index contributed by atoms with van der Waals surface area (Å²) in [5.41, 5.74) is 0. The number of aliphatic hydroxyl groups is 2. The standard InChI is InChI=1S/C7H19NO4P/c1-8(2,3)4-5-12-13(11)7(10)6-9/h7,9-10,13H,4-6H2,1-3H3/q+1. The molecule has 0 aromatic carbocycles. The maximum Gasteiger partial charge on any atom is 0.221 e. The third-order valence-corrected chi connectivity index (χ3v) is 2.67. The first kappa shape index (κ1) is 13.1. The van der Waals surface area contributed by atoms with Crippen LogP contribution in [0.2, 0.25) is 0 Å². The topological polar surface area (TPSA) is 66.8 Å². The number of quaternary nitrogens is 1. The van der Waals surface area contributed by atoms with Crippen LogP contribution < -0.4 is 0 Å². The van der Waals surface area contributed by atoms with Gasteiger partial charge < -0.3 is 19.2 Å². The first-order valence-corrected chi connectivity index (χ1v) is 5.52. The molecule has 0 saturated heterocycles. The van der Waals surface area contributed by atoms with E-state index in [1.54, 1.807) is 0 Å². The summed E-state index contributed by atoms with van der Waals surface area (Å²) in [7, 11) is 3.47. The predicted octanol–water partition coefficient (Wildman–Crippen LogP) is -0.505.